The molecule has 1 aromatic carbocycles. The van der Waals surface area contributed by atoms with Gasteiger partial charge in [-0.3, -0.25) is 19.4 Å². The van der Waals surface area contributed by atoms with Gasteiger partial charge in [0.1, 0.15) is 12.1 Å². The SMILES string of the molecule is CSCCC(N)C(=O)NC(Cc1c[nH]c2ccccc12)C(=O)NC(CCCN=C(N)N)C(=O)NC(C(=O)O)C(C)O. The first-order valence-corrected chi connectivity index (χ1v) is 14.5. The van der Waals surface area contributed by atoms with E-state index in [0.29, 0.717) is 12.2 Å². The fourth-order valence-corrected chi connectivity index (χ4v) is 4.56. The number of aromatic nitrogens is 1. The Labute approximate surface area is 242 Å². The number of thioether (sulfide) groups is 1. The first-order valence-electron chi connectivity index (χ1n) is 13.1. The van der Waals surface area contributed by atoms with E-state index in [4.69, 9.17) is 17.2 Å². The van der Waals surface area contributed by atoms with Crippen molar-refractivity contribution in [2.24, 2.45) is 22.2 Å². The van der Waals surface area contributed by atoms with Crippen molar-refractivity contribution in [3.63, 3.8) is 0 Å². The van der Waals surface area contributed by atoms with Crippen molar-refractivity contribution in [2.75, 3.05) is 18.6 Å². The summed E-state index contributed by atoms with van der Waals surface area (Å²) in [5.41, 5.74) is 18.4. The highest BCUT2D eigenvalue weighted by atomic mass is 32.2. The molecule has 12 N–H and O–H groups in total. The number of rotatable bonds is 17. The fraction of sp³-hybridized carbons (Fsp3) is 0.500. The lowest BCUT2D eigenvalue weighted by Crippen LogP contribution is -2.58. The normalized spacial score (nSPS) is 14.7. The Bertz CT molecular complexity index is 1220. The maximum absolute atomic E-state index is 13.6. The van der Waals surface area contributed by atoms with Gasteiger partial charge in [-0.2, -0.15) is 11.8 Å². The van der Waals surface area contributed by atoms with Gasteiger partial charge in [0.2, 0.25) is 17.7 Å². The first kappa shape index (κ1) is 33.4. The van der Waals surface area contributed by atoms with Gasteiger partial charge in [-0.15, -0.1) is 0 Å². The number of aliphatic hydroxyl groups is 1. The Kier molecular flexibility index (Phi) is 13.4. The number of aliphatic hydroxyl groups excluding tert-OH is 1. The number of carboxylic acid groups (broad SMARTS) is 1. The Morgan fingerprint density at radius 1 is 1.02 bits per heavy atom. The molecule has 226 valence electrons. The van der Waals surface area contributed by atoms with Gasteiger partial charge in [0.25, 0.3) is 0 Å². The number of nitrogens with two attached hydrogens (primary N) is 3. The molecule has 5 unspecified atom stereocenters. The summed E-state index contributed by atoms with van der Waals surface area (Å²) < 4.78 is 0. The lowest BCUT2D eigenvalue weighted by atomic mass is 10.0. The second kappa shape index (κ2) is 16.4. The number of para-hydroxylation sites is 1. The van der Waals surface area contributed by atoms with E-state index in [9.17, 15) is 29.4 Å². The van der Waals surface area contributed by atoms with Gasteiger partial charge in [-0.05, 0) is 49.8 Å². The van der Waals surface area contributed by atoms with Crippen molar-refractivity contribution in [3.8, 4) is 0 Å². The summed E-state index contributed by atoms with van der Waals surface area (Å²) in [6.45, 7) is 1.37. The molecule has 0 fully saturated rings. The van der Waals surface area contributed by atoms with Crippen LogP contribution in [0.1, 0.15) is 31.7 Å². The number of benzene rings is 1. The average Bonchev–Trinajstić information content (AvgIpc) is 3.33. The molecule has 2 aromatic rings. The Morgan fingerprint density at radius 2 is 1.68 bits per heavy atom. The van der Waals surface area contributed by atoms with Gasteiger partial charge in [0, 0.05) is 30.1 Å². The highest BCUT2D eigenvalue weighted by Gasteiger charge is 2.32. The minimum absolute atomic E-state index is 0.0431. The molecule has 0 saturated heterocycles. The molecule has 0 aliphatic rings. The van der Waals surface area contributed by atoms with E-state index in [-0.39, 0.29) is 31.8 Å². The fourth-order valence-electron chi connectivity index (χ4n) is 4.07. The second-order valence-electron chi connectivity index (χ2n) is 9.59. The van der Waals surface area contributed by atoms with E-state index in [1.165, 1.54) is 18.7 Å². The molecule has 0 aliphatic carbocycles. The standard InChI is InChI=1S/C26H40N8O6S/c1-14(35)21(25(39)40)34-23(37)19(8-5-10-30-26(28)29)32-24(38)20(33-22(36)17(27)9-11-41-2)12-15-13-31-18-7-4-3-6-16(15)18/h3-4,6-7,13-14,17,19-21,31,35H,5,8-12,27H2,1-2H3,(H,32,38)(H,33,36)(H,34,37)(H,39,40)(H4,28,29,30). The van der Waals surface area contributed by atoms with Crippen molar-refractivity contribution < 1.29 is 29.4 Å². The zero-order valence-electron chi connectivity index (χ0n) is 23.1. The number of carbonyl (C=O) groups excluding carboxylic acids is 3. The predicted molar refractivity (Wildman–Crippen MR) is 158 cm³/mol. The molecule has 0 saturated carbocycles. The monoisotopic (exact) mass is 592 g/mol. The Hall–Kier alpha value is -3.82. The Morgan fingerprint density at radius 3 is 2.32 bits per heavy atom. The number of amides is 3. The molecule has 3 amide bonds. The van der Waals surface area contributed by atoms with Crippen molar-refractivity contribution in [1.82, 2.24) is 20.9 Å². The molecule has 0 radical (unpaired) electrons. The van der Waals surface area contributed by atoms with E-state index < -0.39 is 54.0 Å². The summed E-state index contributed by atoms with van der Waals surface area (Å²) >= 11 is 1.54. The molecule has 1 aromatic heterocycles. The van der Waals surface area contributed by atoms with Crippen LogP contribution in [0, 0.1) is 0 Å². The number of aromatic amines is 1. The number of nitrogens with zero attached hydrogens (tertiary/aromatic N) is 1. The Balaban J connectivity index is 2.31. The van der Waals surface area contributed by atoms with E-state index in [0.717, 1.165) is 16.5 Å². The van der Waals surface area contributed by atoms with Crippen LogP contribution in [0.4, 0.5) is 0 Å². The topological polar surface area (TPSA) is 251 Å². The van der Waals surface area contributed by atoms with Crippen LogP contribution in [-0.4, -0.2) is 93.7 Å². The number of carbonyl (C=O) groups is 4. The van der Waals surface area contributed by atoms with Gasteiger partial charge in [0.15, 0.2) is 12.0 Å². The lowest BCUT2D eigenvalue weighted by molar-refractivity contribution is -0.145. The van der Waals surface area contributed by atoms with Crippen molar-refractivity contribution in [3.05, 3.63) is 36.0 Å². The molecular formula is C26H40N8O6S. The summed E-state index contributed by atoms with van der Waals surface area (Å²) in [4.78, 5) is 58.1. The number of aliphatic carboxylic acids is 1. The highest BCUT2D eigenvalue weighted by molar-refractivity contribution is 7.98. The summed E-state index contributed by atoms with van der Waals surface area (Å²) in [5, 5.41) is 27.7. The van der Waals surface area contributed by atoms with Gasteiger partial charge in [-0.25, -0.2) is 4.79 Å². The second-order valence-corrected chi connectivity index (χ2v) is 10.6. The van der Waals surface area contributed by atoms with Crippen LogP contribution in [0.5, 0.6) is 0 Å². The molecule has 41 heavy (non-hydrogen) atoms. The predicted octanol–water partition coefficient (Wildman–Crippen LogP) is -1.24. The number of fused-ring (bicyclic) bond motifs is 1. The molecule has 14 nitrogen and oxygen atoms in total. The van der Waals surface area contributed by atoms with Crippen LogP contribution in [0.15, 0.2) is 35.5 Å². The van der Waals surface area contributed by atoms with Crippen LogP contribution in [0.25, 0.3) is 10.9 Å². The third kappa shape index (κ3) is 10.6. The van der Waals surface area contributed by atoms with Crippen molar-refractivity contribution in [1.29, 1.82) is 0 Å². The zero-order valence-corrected chi connectivity index (χ0v) is 23.9. The van der Waals surface area contributed by atoms with Gasteiger partial charge in [-0.1, -0.05) is 18.2 Å². The maximum atomic E-state index is 13.6. The van der Waals surface area contributed by atoms with Gasteiger partial charge < -0.3 is 48.3 Å². The van der Waals surface area contributed by atoms with Crippen molar-refractivity contribution >= 4 is 52.3 Å². The number of carboxylic acids is 1. The lowest BCUT2D eigenvalue weighted by Gasteiger charge is -2.26. The quantitative estimate of drug-likeness (QED) is 0.0600. The summed E-state index contributed by atoms with van der Waals surface area (Å²) in [5.74, 6) is -2.96. The number of guanidine groups is 1. The summed E-state index contributed by atoms with van der Waals surface area (Å²) in [6.07, 6.45) is 3.03. The summed E-state index contributed by atoms with van der Waals surface area (Å²) in [6, 6.07) is 2.70. The molecule has 0 bridgehead atoms. The molecular weight excluding hydrogens is 552 g/mol. The van der Waals surface area contributed by atoms with Crippen LogP contribution >= 0.6 is 11.8 Å². The zero-order chi connectivity index (χ0) is 30.5. The first-order chi connectivity index (χ1) is 19.4. The third-order valence-electron chi connectivity index (χ3n) is 6.33. The van der Waals surface area contributed by atoms with Crippen LogP contribution in [0.3, 0.4) is 0 Å². The van der Waals surface area contributed by atoms with E-state index in [1.54, 1.807) is 6.20 Å². The molecule has 2 rings (SSSR count). The molecule has 1 heterocycles. The number of H-pyrrole nitrogens is 1. The summed E-state index contributed by atoms with van der Waals surface area (Å²) in [7, 11) is 0. The largest absolute Gasteiger partial charge is 0.480 e. The van der Waals surface area contributed by atoms with E-state index >= 15 is 0 Å². The number of hydrogen-bond acceptors (Lipinski definition) is 8. The number of hydrogen-bond donors (Lipinski definition) is 9. The van der Waals surface area contributed by atoms with E-state index in [2.05, 4.69) is 25.9 Å². The van der Waals surface area contributed by atoms with Gasteiger partial charge in [0.05, 0.1) is 12.1 Å². The molecule has 0 aliphatic heterocycles. The van der Waals surface area contributed by atoms with Crippen LogP contribution in [0.2, 0.25) is 0 Å². The van der Waals surface area contributed by atoms with Crippen LogP contribution < -0.4 is 33.2 Å². The number of nitrogens with one attached hydrogen (secondary N) is 4. The average molecular weight is 593 g/mol. The van der Waals surface area contributed by atoms with E-state index in [1.807, 2.05) is 30.5 Å². The number of aliphatic imine (C=N–C) groups is 1. The minimum Gasteiger partial charge on any atom is -0.480 e. The molecule has 5 atom stereocenters. The smallest absolute Gasteiger partial charge is 0.328 e. The third-order valence-corrected chi connectivity index (χ3v) is 6.97. The maximum Gasteiger partial charge on any atom is 0.328 e. The van der Waals surface area contributed by atoms with Crippen molar-refractivity contribution in [2.45, 2.75) is 62.9 Å². The highest BCUT2D eigenvalue weighted by Crippen LogP contribution is 2.19. The van der Waals surface area contributed by atoms with Gasteiger partial charge >= 0.3 is 5.97 Å². The molecule has 15 heteroatoms. The molecule has 0 spiro atoms. The minimum atomic E-state index is -1.60. The van der Waals surface area contributed by atoms with Crippen LogP contribution in [-0.2, 0) is 25.6 Å².